The summed E-state index contributed by atoms with van der Waals surface area (Å²) >= 11 is 1.70. The second-order valence-corrected chi connectivity index (χ2v) is 5.25. The molecule has 82 valence electrons. The van der Waals surface area contributed by atoms with Crippen LogP contribution >= 0.6 is 11.3 Å². The lowest BCUT2D eigenvalue weighted by atomic mass is 10.2. The molecule has 0 radical (unpaired) electrons. The van der Waals surface area contributed by atoms with E-state index in [1.165, 1.54) is 38.0 Å². The number of thiazole rings is 1. The number of hydrogen-bond acceptors (Lipinski definition) is 4. The first kappa shape index (κ1) is 9.75. The number of nitrogens with one attached hydrogen (secondary N) is 1. The minimum Gasteiger partial charge on any atom is -0.315 e. The average Bonchev–Trinajstić information content (AvgIpc) is 2.78. The van der Waals surface area contributed by atoms with E-state index in [4.69, 9.17) is 0 Å². The van der Waals surface area contributed by atoms with Crippen LogP contribution in [-0.2, 0) is 6.54 Å². The van der Waals surface area contributed by atoms with Gasteiger partial charge in [-0.2, -0.15) is 0 Å². The third-order valence-electron chi connectivity index (χ3n) is 3.35. The molecule has 4 heteroatoms. The number of rotatable bonds is 4. The van der Waals surface area contributed by atoms with Crippen molar-refractivity contribution in [3.8, 4) is 0 Å². The molecule has 1 saturated carbocycles. The molecule has 1 atom stereocenters. The van der Waals surface area contributed by atoms with E-state index in [0.717, 1.165) is 18.6 Å². The van der Waals surface area contributed by atoms with E-state index in [0.29, 0.717) is 0 Å². The molecule has 1 aromatic rings. The maximum Gasteiger partial charge on any atom is 0.0795 e. The summed E-state index contributed by atoms with van der Waals surface area (Å²) in [6.45, 7) is 3.41. The zero-order valence-corrected chi connectivity index (χ0v) is 9.67. The molecule has 0 spiro atoms. The summed E-state index contributed by atoms with van der Waals surface area (Å²) in [5.41, 5.74) is 3.19. The van der Waals surface area contributed by atoms with Gasteiger partial charge in [0.1, 0.15) is 0 Å². The standard InChI is InChI=1S/C11H17N3S/c1-2-10(1)14(11-3-4-12-5-11)6-9-7-15-8-13-9/h7-8,10-12H,1-6H2. The van der Waals surface area contributed by atoms with Crippen LogP contribution in [0.15, 0.2) is 10.9 Å². The Kier molecular flexibility index (Phi) is 2.73. The normalized spacial score (nSPS) is 26.3. The van der Waals surface area contributed by atoms with Gasteiger partial charge in [0.2, 0.25) is 0 Å². The zero-order valence-electron chi connectivity index (χ0n) is 8.85. The van der Waals surface area contributed by atoms with E-state index in [1.807, 2.05) is 5.51 Å². The van der Waals surface area contributed by atoms with Crippen LogP contribution in [0.3, 0.4) is 0 Å². The van der Waals surface area contributed by atoms with Crippen molar-refractivity contribution in [2.24, 2.45) is 0 Å². The van der Waals surface area contributed by atoms with Gasteiger partial charge in [0.05, 0.1) is 11.2 Å². The summed E-state index contributed by atoms with van der Waals surface area (Å²) in [6.07, 6.45) is 4.09. The van der Waals surface area contributed by atoms with E-state index in [9.17, 15) is 0 Å². The Morgan fingerprint density at radius 1 is 1.40 bits per heavy atom. The number of hydrogen-bond donors (Lipinski definition) is 1. The number of nitrogens with zero attached hydrogens (tertiary/aromatic N) is 2. The maximum atomic E-state index is 4.39. The Labute approximate surface area is 94.5 Å². The molecule has 3 rings (SSSR count). The van der Waals surface area contributed by atoms with Crippen molar-refractivity contribution in [1.29, 1.82) is 0 Å². The fraction of sp³-hybridized carbons (Fsp3) is 0.727. The van der Waals surface area contributed by atoms with Crippen molar-refractivity contribution in [1.82, 2.24) is 15.2 Å². The second kappa shape index (κ2) is 4.20. The molecule has 3 nitrogen and oxygen atoms in total. The summed E-state index contributed by atoms with van der Waals surface area (Å²) in [5, 5.41) is 5.63. The van der Waals surface area contributed by atoms with Gasteiger partial charge in [-0.15, -0.1) is 11.3 Å². The van der Waals surface area contributed by atoms with Crippen LogP contribution in [0.5, 0.6) is 0 Å². The van der Waals surface area contributed by atoms with Crippen LogP contribution in [0.1, 0.15) is 25.0 Å². The monoisotopic (exact) mass is 223 g/mol. The molecule has 15 heavy (non-hydrogen) atoms. The molecular formula is C11H17N3S. The summed E-state index contributed by atoms with van der Waals surface area (Å²) in [4.78, 5) is 7.06. The zero-order chi connectivity index (χ0) is 10.1. The van der Waals surface area contributed by atoms with Gasteiger partial charge >= 0.3 is 0 Å². The highest BCUT2D eigenvalue weighted by atomic mass is 32.1. The van der Waals surface area contributed by atoms with E-state index in [2.05, 4.69) is 20.6 Å². The Morgan fingerprint density at radius 3 is 2.93 bits per heavy atom. The van der Waals surface area contributed by atoms with E-state index >= 15 is 0 Å². The minimum absolute atomic E-state index is 0.749. The summed E-state index contributed by atoms with van der Waals surface area (Å²) in [5.74, 6) is 0. The van der Waals surface area contributed by atoms with Crippen LogP contribution in [0, 0.1) is 0 Å². The smallest absolute Gasteiger partial charge is 0.0795 e. The topological polar surface area (TPSA) is 28.2 Å². The highest BCUT2D eigenvalue weighted by molar-refractivity contribution is 7.07. The molecule has 1 N–H and O–H groups in total. The Balaban J connectivity index is 1.67. The Bertz CT molecular complexity index is 302. The molecule has 0 bridgehead atoms. The van der Waals surface area contributed by atoms with Crippen LogP contribution in [0.2, 0.25) is 0 Å². The van der Waals surface area contributed by atoms with Gasteiger partial charge in [0, 0.05) is 30.6 Å². The lowest BCUT2D eigenvalue weighted by molar-refractivity contribution is 0.187. The summed E-state index contributed by atoms with van der Waals surface area (Å²) in [6, 6.07) is 1.59. The Morgan fingerprint density at radius 2 is 2.33 bits per heavy atom. The highest BCUT2D eigenvalue weighted by Gasteiger charge is 2.35. The molecule has 2 aliphatic rings. The molecule has 1 aliphatic carbocycles. The van der Waals surface area contributed by atoms with Crippen LogP contribution in [0.4, 0.5) is 0 Å². The van der Waals surface area contributed by atoms with Gasteiger partial charge in [0.15, 0.2) is 0 Å². The van der Waals surface area contributed by atoms with Gasteiger partial charge in [0.25, 0.3) is 0 Å². The van der Waals surface area contributed by atoms with Crippen molar-refractivity contribution in [3.05, 3.63) is 16.6 Å². The van der Waals surface area contributed by atoms with Gasteiger partial charge in [-0.1, -0.05) is 0 Å². The number of aromatic nitrogens is 1. The first-order valence-electron chi connectivity index (χ1n) is 5.77. The molecule has 1 aliphatic heterocycles. The van der Waals surface area contributed by atoms with E-state index < -0.39 is 0 Å². The maximum absolute atomic E-state index is 4.39. The van der Waals surface area contributed by atoms with Gasteiger partial charge < -0.3 is 5.32 Å². The molecule has 0 amide bonds. The summed E-state index contributed by atoms with van der Waals surface area (Å²) in [7, 11) is 0. The molecule has 0 aromatic carbocycles. The Hall–Kier alpha value is -0.450. The van der Waals surface area contributed by atoms with E-state index in [1.54, 1.807) is 11.3 Å². The molecule has 1 saturated heterocycles. The molecular weight excluding hydrogens is 206 g/mol. The largest absolute Gasteiger partial charge is 0.315 e. The average molecular weight is 223 g/mol. The van der Waals surface area contributed by atoms with Gasteiger partial charge in [-0.25, -0.2) is 4.98 Å². The lowest BCUT2D eigenvalue weighted by Gasteiger charge is -2.27. The second-order valence-electron chi connectivity index (χ2n) is 4.53. The molecule has 1 aromatic heterocycles. The van der Waals surface area contributed by atoms with Crippen molar-refractivity contribution < 1.29 is 0 Å². The van der Waals surface area contributed by atoms with Crippen molar-refractivity contribution in [3.63, 3.8) is 0 Å². The predicted octanol–water partition coefficient (Wildman–Crippen LogP) is 1.47. The van der Waals surface area contributed by atoms with E-state index in [-0.39, 0.29) is 0 Å². The quantitative estimate of drug-likeness (QED) is 0.838. The van der Waals surface area contributed by atoms with Crippen LogP contribution < -0.4 is 5.32 Å². The van der Waals surface area contributed by atoms with Crippen molar-refractivity contribution in [2.75, 3.05) is 13.1 Å². The van der Waals surface area contributed by atoms with Crippen LogP contribution in [-0.4, -0.2) is 35.1 Å². The fourth-order valence-corrected chi connectivity index (χ4v) is 2.94. The third kappa shape index (κ3) is 2.22. The molecule has 2 heterocycles. The molecule has 1 unspecified atom stereocenters. The van der Waals surface area contributed by atoms with Crippen molar-refractivity contribution >= 4 is 11.3 Å². The predicted molar refractivity (Wildman–Crippen MR) is 62.0 cm³/mol. The van der Waals surface area contributed by atoms with Crippen molar-refractivity contribution in [2.45, 2.75) is 37.9 Å². The first-order chi connectivity index (χ1) is 7.43. The fourth-order valence-electron chi connectivity index (χ4n) is 2.39. The van der Waals surface area contributed by atoms with Gasteiger partial charge in [-0.05, 0) is 25.8 Å². The minimum atomic E-state index is 0.749. The lowest BCUT2D eigenvalue weighted by Crippen LogP contribution is -2.38. The van der Waals surface area contributed by atoms with Gasteiger partial charge in [-0.3, -0.25) is 4.90 Å². The molecule has 2 fully saturated rings. The highest BCUT2D eigenvalue weighted by Crippen LogP contribution is 2.31. The van der Waals surface area contributed by atoms with Crippen LogP contribution in [0.25, 0.3) is 0 Å². The SMILES string of the molecule is c1nc(CN(C2CC2)C2CCNC2)cs1. The first-order valence-corrected chi connectivity index (χ1v) is 6.71. The summed E-state index contributed by atoms with van der Waals surface area (Å²) < 4.78 is 0. The third-order valence-corrected chi connectivity index (χ3v) is 3.98.